The topological polar surface area (TPSA) is 123 Å². The van der Waals surface area contributed by atoms with E-state index in [1.165, 1.54) is 7.05 Å². The number of aliphatic hydroxyl groups excluding tert-OH is 3. The Morgan fingerprint density at radius 1 is 1.23 bits per heavy atom. The Hall–Kier alpha value is -2.29. The summed E-state index contributed by atoms with van der Waals surface area (Å²) in [4.78, 5) is 12.0. The van der Waals surface area contributed by atoms with E-state index >= 15 is 0 Å². The van der Waals surface area contributed by atoms with Gasteiger partial charge in [-0.05, 0) is 19.1 Å². The predicted molar refractivity (Wildman–Crippen MR) is 79.4 cm³/mol. The summed E-state index contributed by atoms with van der Waals surface area (Å²) < 4.78 is 1.12. The minimum absolute atomic E-state index is 0.00455. The van der Waals surface area contributed by atoms with Crippen LogP contribution in [0.3, 0.4) is 0 Å². The number of benzene rings is 1. The molecule has 0 amide bonds. The van der Waals surface area contributed by atoms with Gasteiger partial charge in [0.1, 0.15) is 12.2 Å². The van der Waals surface area contributed by atoms with Gasteiger partial charge in [-0.3, -0.25) is 14.6 Å². The van der Waals surface area contributed by atoms with Crippen LogP contribution in [0.4, 0.5) is 11.4 Å². The average molecular weight is 306 g/mol. The molecule has 0 aliphatic heterocycles. The number of aryl methyl sites for hydroxylation is 2. The number of azo groups is 1. The third kappa shape index (κ3) is 3.30. The van der Waals surface area contributed by atoms with Crippen molar-refractivity contribution < 1.29 is 15.3 Å². The van der Waals surface area contributed by atoms with E-state index < -0.39 is 24.4 Å². The van der Waals surface area contributed by atoms with Gasteiger partial charge in [0, 0.05) is 7.05 Å². The number of rotatable bonds is 5. The first-order valence-electron chi connectivity index (χ1n) is 6.68. The molecule has 2 atom stereocenters. The molecule has 8 heteroatoms. The van der Waals surface area contributed by atoms with Gasteiger partial charge in [-0.25, -0.2) is 0 Å². The molecule has 0 radical (unpaired) electrons. The summed E-state index contributed by atoms with van der Waals surface area (Å²) in [5.74, 6) is 0. The number of nitrogens with zero attached hydrogens (tertiary/aromatic N) is 3. The molecule has 22 heavy (non-hydrogen) atoms. The van der Waals surface area contributed by atoms with E-state index in [4.69, 9.17) is 5.11 Å². The van der Waals surface area contributed by atoms with Crippen molar-refractivity contribution in [1.29, 1.82) is 0 Å². The first kappa shape index (κ1) is 16.1. The minimum Gasteiger partial charge on any atom is -0.394 e. The zero-order chi connectivity index (χ0) is 16.3. The van der Waals surface area contributed by atoms with Crippen molar-refractivity contribution in [3.8, 4) is 0 Å². The normalized spacial score (nSPS) is 14.4. The van der Waals surface area contributed by atoms with Crippen LogP contribution in [0.5, 0.6) is 0 Å². The highest BCUT2D eigenvalue weighted by molar-refractivity contribution is 5.43. The second kappa shape index (κ2) is 6.65. The molecule has 8 nitrogen and oxygen atoms in total. The summed E-state index contributed by atoms with van der Waals surface area (Å²) in [7, 11) is 1.45. The highest BCUT2D eigenvalue weighted by Gasteiger charge is 2.25. The molecule has 0 aliphatic rings. The largest absolute Gasteiger partial charge is 0.394 e. The quantitative estimate of drug-likeness (QED) is 0.611. The SMILES string of the molecule is Cc1ccc(N=Nc2c([C@H](O)[C@@H](O)CO)[nH]n(C)c2=O)cc1. The molecule has 0 unspecified atom stereocenters. The molecule has 0 aliphatic carbocycles. The standard InChI is InChI=1S/C14H18N4O4/c1-8-3-5-9(6-4-8)15-16-12-11(13(21)10(20)7-19)17-18(2)14(12)22/h3-6,10,13,17,19-21H,7H2,1-2H3/t10-,13+/m0/s1. The number of hydrogen-bond donors (Lipinski definition) is 4. The number of nitrogens with one attached hydrogen (secondary N) is 1. The van der Waals surface area contributed by atoms with Crippen molar-refractivity contribution in [1.82, 2.24) is 9.78 Å². The van der Waals surface area contributed by atoms with Crippen molar-refractivity contribution in [2.75, 3.05) is 6.61 Å². The minimum atomic E-state index is -1.47. The lowest BCUT2D eigenvalue weighted by Crippen LogP contribution is -2.22. The van der Waals surface area contributed by atoms with Gasteiger partial charge in [-0.15, -0.1) is 5.11 Å². The fourth-order valence-corrected chi connectivity index (χ4v) is 1.87. The highest BCUT2D eigenvalue weighted by atomic mass is 16.4. The molecule has 1 aromatic carbocycles. The molecule has 4 N–H and O–H groups in total. The third-order valence-electron chi connectivity index (χ3n) is 3.20. The van der Waals surface area contributed by atoms with Crippen LogP contribution in [0, 0.1) is 6.92 Å². The number of hydrogen-bond acceptors (Lipinski definition) is 6. The van der Waals surface area contributed by atoms with E-state index in [1.54, 1.807) is 12.1 Å². The van der Waals surface area contributed by atoms with E-state index in [0.717, 1.165) is 10.2 Å². The summed E-state index contributed by atoms with van der Waals surface area (Å²) in [5.41, 5.74) is 1.03. The lowest BCUT2D eigenvalue weighted by Gasteiger charge is -2.13. The van der Waals surface area contributed by atoms with E-state index in [1.807, 2.05) is 19.1 Å². The van der Waals surface area contributed by atoms with E-state index in [-0.39, 0.29) is 11.4 Å². The predicted octanol–water partition coefficient (Wildman–Crippen LogP) is 0.824. The number of aromatic nitrogens is 2. The number of H-pyrrole nitrogens is 1. The molecular formula is C14H18N4O4. The average Bonchev–Trinajstić information content (AvgIpc) is 2.80. The lowest BCUT2D eigenvalue weighted by molar-refractivity contribution is -0.0172. The monoisotopic (exact) mass is 306 g/mol. The van der Waals surface area contributed by atoms with Crippen LogP contribution in [0.2, 0.25) is 0 Å². The van der Waals surface area contributed by atoms with Crippen molar-refractivity contribution in [3.05, 3.63) is 45.9 Å². The van der Waals surface area contributed by atoms with Gasteiger partial charge in [0.15, 0.2) is 5.69 Å². The Morgan fingerprint density at radius 2 is 1.86 bits per heavy atom. The molecule has 0 bridgehead atoms. The maximum absolute atomic E-state index is 12.0. The second-order valence-electron chi connectivity index (χ2n) is 4.97. The fourth-order valence-electron chi connectivity index (χ4n) is 1.87. The van der Waals surface area contributed by atoms with Gasteiger partial charge in [0.2, 0.25) is 0 Å². The summed E-state index contributed by atoms with van der Waals surface area (Å²) in [5, 5.41) is 38.8. The maximum Gasteiger partial charge on any atom is 0.294 e. The lowest BCUT2D eigenvalue weighted by atomic mass is 10.1. The Morgan fingerprint density at radius 3 is 2.45 bits per heavy atom. The molecule has 0 saturated heterocycles. The van der Waals surface area contributed by atoms with E-state index in [9.17, 15) is 15.0 Å². The van der Waals surface area contributed by atoms with E-state index in [2.05, 4.69) is 15.3 Å². The molecule has 1 heterocycles. The summed E-state index contributed by atoms with van der Waals surface area (Å²) in [6.45, 7) is 1.29. The van der Waals surface area contributed by atoms with Crippen LogP contribution in [0.1, 0.15) is 17.4 Å². The van der Waals surface area contributed by atoms with Gasteiger partial charge >= 0.3 is 0 Å². The maximum atomic E-state index is 12.0. The van der Waals surface area contributed by atoms with Crippen LogP contribution >= 0.6 is 0 Å². The molecule has 118 valence electrons. The molecule has 0 saturated carbocycles. The Balaban J connectivity index is 2.38. The van der Waals surface area contributed by atoms with Crippen LogP contribution in [0.25, 0.3) is 0 Å². The summed E-state index contributed by atoms with van der Waals surface area (Å²) in [6.07, 6.45) is -2.89. The molecule has 2 aromatic rings. The van der Waals surface area contributed by atoms with Gasteiger partial charge in [0.05, 0.1) is 18.0 Å². The van der Waals surface area contributed by atoms with E-state index in [0.29, 0.717) is 5.69 Å². The first-order valence-corrected chi connectivity index (χ1v) is 6.68. The van der Waals surface area contributed by atoms with Gasteiger partial charge < -0.3 is 15.3 Å². The molecule has 0 fully saturated rings. The smallest absolute Gasteiger partial charge is 0.294 e. The number of aliphatic hydroxyl groups is 3. The van der Waals surface area contributed by atoms with Crippen molar-refractivity contribution in [3.63, 3.8) is 0 Å². The molecule has 2 rings (SSSR count). The zero-order valence-electron chi connectivity index (χ0n) is 12.3. The second-order valence-corrected chi connectivity index (χ2v) is 4.97. The Labute approximate surface area is 126 Å². The summed E-state index contributed by atoms with van der Waals surface area (Å²) >= 11 is 0. The fraction of sp³-hybridized carbons (Fsp3) is 0.357. The highest BCUT2D eigenvalue weighted by Crippen LogP contribution is 2.25. The Bertz CT molecular complexity index is 717. The zero-order valence-corrected chi connectivity index (χ0v) is 12.3. The first-order chi connectivity index (χ1) is 10.4. The molecule has 1 aromatic heterocycles. The van der Waals surface area contributed by atoms with Crippen LogP contribution in [-0.2, 0) is 7.05 Å². The summed E-state index contributed by atoms with van der Waals surface area (Å²) in [6, 6.07) is 7.20. The van der Waals surface area contributed by atoms with Crippen molar-refractivity contribution >= 4 is 11.4 Å². The molecular weight excluding hydrogens is 288 g/mol. The van der Waals surface area contributed by atoms with Crippen LogP contribution in [0.15, 0.2) is 39.3 Å². The third-order valence-corrected chi connectivity index (χ3v) is 3.20. The van der Waals surface area contributed by atoms with Crippen molar-refractivity contribution in [2.24, 2.45) is 17.3 Å². The molecule has 0 spiro atoms. The Kier molecular flexibility index (Phi) is 4.86. The van der Waals surface area contributed by atoms with Gasteiger partial charge in [0.25, 0.3) is 5.56 Å². The number of aromatic amines is 1. The van der Waals surface area contributed by atoms with Gasteiger partial charge in [-0.2, -0.15) is 5.11 Å². The van der Waals surface area contributed by atoms with Crippen molar-refractivity contribution in [2.45, 2.75) is 19.1 Å². The van der Waals surface area contributed by atoms with Crippen LogP contribution in [-0.4, -0.2) is 37.8 Å². The van der Waals surface area contributed by atoms with Gasteiger partial charge in [-0.1, -0.05) is 17.7 Å². The van der Waals surface area contributed by atoms with Crippen LogP contribution < -0.4 is 5.56 Å².